The molecule has 0 bridgehead atoms. The molecule has 0 aliphatic rings. The number of nitrogens with zero attached hydrogens (tertiary/aromatic N) is 2. The summed E-state index contributed by atoms with van der Waals surface area (Å²) in [5.41, 5.74) is 8.53. The van der Waals surface area contributed by atoms with Crippen LogP contribution in [0.1, 0.15) is 17.0 Å². The number of hydrogen-bond acceptors (Lipinski definition) is 5. The predicted molar refractivity (Wildman–Crippen MR) is 73.8 cm³/mol. The minimum atomic E-state index is 0.718. The van der Waals surface area contributed by atoms with Crippen molar-refractivity contribution in [2.75, 3.05) is 19.9 Å². The van der Waals surface area contributed by atoms with Crippen LogP contribution in [0.3, 0.4) is 0 Å². The Morgan fingerprint density at radius 3 is 2.74 bits per heavy atom. The van der Waals surface area contributed by atoms with Crippen LogP contribution in [0.2, 0.25) is 0 Å². The van der Waals surface area contributed by atoms with Gasteiger partial charge in [-0.05, 0) is 32.2 Å². The smallest absolute Gasteiger partial charge is 0.133 e. The summed E-state index contributed by atoms with van der Waals surface area (Å²) in [5.74, 6) is 1.67. The molecule has 1 aromatic heterocycles. The fourth-order valence-corrected chi connectivity index (χ4v) is 2.04. The molecule has 2 aromatic rings. The van der Waals surface area contributed by atoms with E-state index in [2.05, 4.69) is 10.1 Å². The van der Waals surface area contributed by atoms with Crippen LogP contribution < -0.4 is 10.5 Å². The maximum atomic E-state index is 5.81. The molecule has 5 heteroatoms. The van der Waals surface area contributed by atoms with Crippen molar-refractivity contribution in [2.24, 2.45) is 0 Å². The summed E-state index contributed by atoms with van der Waals surface area (Å²) < 4.78 is 10.4. The van der Waals surface area contributed by atoms with E-state index in [4.69, 9.17) is 15.0 Å². The molecule has 0 unspecified atom stereocenters. The third kappa shape index (κ3) is 3.48. The molecule has 0 saturated carbocycles. The van der Waals surface area contributed by atoms with Crippen molar-refractivity contribution in [1.29, 1.82) is 0 Å². The molecular weight excluding hydrogens is 242 g/mol. The first-order chi connectivity index (χ1) is 9.08. The highest BCUT2D eigenvalue weighted by Gasteiger charge is 2.09. The molecule has 5 nitrogen and oxygen atoms in total. The van der Waals surface area contributed by atoms with Crippen LogP contribution in [0.15, 0.2) is 28.8 Å². The number of nitrogens with two attached hydrogens (primary N) is 1. The molecule has 1 heterocycles. The first kappa shape index (κ1) is 13.4. The standard InChI is InChI=1S/C14H19N3O2/c1-10-6-13(16-19-10)9-17(2)8-11-7-12(15)4-5-14(11)18-3/h4-7H,8-9,15H2,1-3H3. The molecule has 0 saturated heterocycles. The van der Waals surface area contributed by atoms with Crippen molar-refractivity contribution in [1.82, 2.24) is 10.1 Å². The Morgan fingerprint density at radius 1 is 1.32 bits per heavy atom. The Morgan fingerprint density at radius 2 is 2.11 bits per heavy atom. The van der Waals surface area contributed by atoms with Gasteiger partial charge in [-0.2, -0.15) is 0 Å². The van der Waals surface area contributed by atoms with Gasteiger partial charge in [0.15, 0.2) is 0 Å². The third-order valence-electron chi connectivity index (χ3n) is 2.85. The molecule has 0 radical (unpaired) electrons. The third-order valence-corrected chi connectivity index (χ3v) is 2.85. The Hall–Kier alpha value is -2.01. The Labute approximate surface area is 112 Å². The fourth-order valence-electron chi connectivity index (χ4n) is 2.04. The average molecular weight is 261 g/mol. The molecule has 0 aliphatic heterocycles. The molecule has 102 valence electrons. The van der Waals surface area contributed by atoms with Crippen molar-refractivity contribution >= 4 is 5.69 Å². The highest BCUT2D eigenvalue weighted by Crippen LogP contribution is 2.22. The molecule has 1 aromatic carbocycles. The van der Waals surface area contributed by atoms with Crippen molar-refractivity contribution in [3.05, 3.63) is 41.3 Å². The number of aryl methyl sites for hydroxylation is 1. The zero-order chi connectivity index (χ0) is 13.8. The summed E-state index contributed by atoms with van der Waals surface area (Å²) in [5, 5.41) is 3.98. The first-order valence-corrected chi connectivity index (χ1v) is 6.11. The van der Waals surface area contributed by atoms with Crippen molar-refractivity contribution in [3.8, 4) is 5.75 Å². The molecule has 19 heavy (non-hydrogen) atoms. The van der Waals surface area contributed by atoms with E-state index in [1.165, 1.54) is 0 Å². The van der Waals surface area contributed by atoms with Gasteiger partial charge in [-0.3, -0.25) is 4.90 Å². The van der Waals surface area contributed by atoms with Crippen molar-refractivity contribution in [3.63, 3.8) is 0 Å². The van der Waals surface area contributed by atoms with E-state index in [1.54, 1.807) is 7.11 Å². The number of anilines is 1. The summed E-state index contributed by atoms with van der Waals surface area (Å²) in [7, 11) is 3.68. The van der Waals surface area contributed by atoms with Crippen LogP contribution in [-0.2, 0) is 13.1 Å². The van der Waals surface area contributed by atoms with E-state index >= 15 is 0 Å². The number of nitrogen functional groups attached to an aromatic ring is 1. The summed E-state index contributed by atoms with van der Waals surface area (Å²) in [6, 6.07) is 7.60. The molecule has 2 N–H and O–H groups in total. The quantitative estimate of drug-likeness (QED) is 0.836. The zero-order valence-corrected chi connectivity index (χ0v) is 11.5. The van der Waals surface area contributed by atoms with Gasteiger partial charge in [0.2, 0.25) is 0 Å². The van der Waals surface area contributed by atoms with Gasteiger partial charge in [-0.15, -0.1) is 0 Å². The first-order valence-electron chi connectivity index (χ1n) is 6.11. The molecule has 0 amide bonds. The number of aromatic nitrogens is 1. The number of ether oxygens (including phenoxy) is 1. The van der Waals surface area contributed by atoms with Gasteiger partial charge in [0.05, 0.1) is 12.8 Å². The molecule has 0 spiro atoms. The Balaban J connectivity index is 2.05. The number of rotatable bonds is 5. The van der Waals surface area contributed by atoms with Gasteiger partial charge in [0.25, 0.3) is 0 Å². The molecular formula is C14H19N3O2. The van der Waals surface area contributed by atoms with E-state index in [-0.39, 0.29) is 0 Å². The summed E-state index contributed by atoms with van der Waals surface area (Å²) >= 11 is 0. The number of hydrogen-bond donors (Lipinski definition) is 1. The van der Waals surface area contributed by atoms with Crippen LogP contribution >= 0.6 is 0 Å². The van der Waals surface area contributed by atoms with Crippen LogP contribution in [0.5, 0.6) is 5.75 Å². The summed E-state index contributed by atoms with van der Waals surface area (Å²) in [4.78, 5) is 2.13. The molecule has 0 aliphatic carbocycles. The molecule has 2 rings (SSSR count). The van der Waals surface area contributed by atoms with Crippen LogP contribution in [0, 0.1) is 6.92 Å². The second-order valence-corrected chi connectivity index (χ2v) is 4.67. The zero-order valence-electron chi connectivity index (χ0n) is 11.5. The second-order valence-electron chi connectivity index (χ2n) is 4.67. The Kier molecular flexibility index (Phi) is 4.06. The van der Waals surface area contributed by atoms with Gasteiger partial charge in [-0.25, -0.2) is 0 Å². The SMILES string of the molecule is COc1ccc(N)cc1CN(C)Cc1cc(C)on1. The van der Waals surface area contributed by atoms with Gasteiger partial charge < -0.3 is 15.0 Å². The Bertz CT molecular complexity index is 551. The van der Waals surface area contributed by atoms with E-state index in [9.17, 15) is 0 Å². The molecule has 0 atom stereocenters. The number of benzene rings is 1. The highest BCUT2D eigenvalue weighted by molar-refractivity contribution is 5.47. The van der Waals surface area contributed by atoms with Crippen molar-refractivity contribution < 1.29 is 9.26 Å². The second kappa shape index (κ2) is 5.75. The average Bonchev–Trinajstić information content (AvgIpc) is 2.75. The van der Waals surface area contributed by atoms with E-state index in [0.29, 0.717) is 0 Å². The monoisotopic (exact) mass is 261 g/mol. The van der Waals surface area contributed by atoms with Crippen molar-refractivity contribution in [2.45, 2.75) is 20.0 Å². The van der Waals surface area contributed by atoms with Crippen LogP contribution in [-0.4, -0.2) is 24.2 Å². The maximum absolute atomic E-state index is 5.81. The summed E-state index contributed by atoms with van der Waals surface area (Å²) in [6.45, 7) is 3.34. The lowest BCUT2D eigenvalue weighted by Crippen LogP contribution is -2.18. The van der Waals surface area contributed by atoms with E-state index in [1.807, 2.05) is 38.2 Å². The fraction of sp³-hybridized carbons (Fsp3) is 0.357. The minimum absolute atomic E-state index is 0.718. The lowest BCUT2D eigenvalue weighted by atomic mass is 10.1. The normalized spacial score (nSPS) is 10.9. The van der Waals surface area contributed by atoms with E-state index < -0.39 is 0 Å². The topological polar surface area (TPSA) is 64.5 Å². The van der Waals surface area contributed by atoms with Crippen LogP contribution in [0.4, 0.5) is 5.69 Å². The predicted octanol–water partition coefficient (Wildman–Crippen LogP) is 2.21. The maximum Gasteiger partial charge on any atom is 0.133 e. The molecule has 0 fully saturated rings. The summed E-state index contributed by atoms with van der Waals surface area (Å²) in [6.07, 6.45) is 0. The largest absolute Gasteiger partial charge is 0.496 e. The van der Waals surface area contributed by atoms with Gasteiger partial charge in [0, 0.05) is 30.4 Å². The number of methoxy groups -OCH3 is 1. The lowest BCUT2D eigenvalue weighted by Gasteiger charge is -2.17. The van der Waals surface area contributed by atoms with Crippen LogP contribution in [0.25, 0.3) is 0 Å². The van der Waals surface area contributed by atoms with Gasteiger partial charge in [0.1, 0.15) is 11.5 Å². The van der Waals surface area contributed by atoms with Gasteiger partial charge >= 0.3 is 0 Å². The minimum Gasteiger partial charge on any atom is -0.496 e. The van der Waals surface area contributed by atoms with E-state index in [0.717, 1.165) is 41.5 Å². The van der Waals surface area contributed by atoms with Gasteiger partial charge in [-0.1, -0.05) is 5.16 Å². The lowest BCUT2D eigenvalue weighted by molar-refractivity contribution is 0.296. The highest BCUT2D eigenvalue weighted by atomic mass is 16.5.